The van der Waals surface area contributed by atoms with Gasteiger partial charge in [0.25, 0.3) is 0 Å². The quantitative estimate of drug-likeness (QED) is 0.552. The van der Waals surface area contributed by atoms with Gasteiger partial charge in [0.1, 0.15) is 5.76 Å². The molecule has 1 aromatic carbocycles. The molecule has 2 heterocycles. The standard InChI is InChI=1S/C19H27N5O3S/c1-20-19(22-15-17-7-5-13-27-17)21-14-16-6-3-4-8-18(16)28(25,26)24-11-9-23(2)10-12-24/h3-8,13H,9-12,14-15H2,1-2H3,(H2,20,21,22). The van der Waals surface area contributed by atoms with Crippen molar-refractivity contribution < 1.29 is 12.8 Å². The van der Waals surface area contributed by atoms with E-state index in [1.165, 1.54) is 0 Å². The Balaban J connectivity index is 1.67. The third kappa shape index (κ3) is 4.92. The number of nitrogens with one attached hydrogen (secondary N) is 2. The molecule has 0 unspecified atom stereocenters. The average molecular weight is 406 g/mol. The Morgan fingerprint density at radius 2 is 1.79 bits per heavy atom. The third-order valence-corrected chi connectivity index (χ3v) is 6.73. The normalized spacial score (nSPS) is 16.9. The van der Waals surface area contributed by atoms with Crippen LogP contribution in [0.1, 0.15) is 11.3 Å². The van der Waals surface area contributed by atoms with E-state index in [9.17, 15) is 8.42 Å². The molecule has 0 amide bonds. The van der Waals surface area contributed by atoms with E-state index in [0.717, 1.165) is 18.8 Å². The third-order valence-electron chi connectivity index (χ3n) is 4.73. The molecule has 8 nitrogen and oxygen atoms in total. The summed E-state index contributed by atoms with van der Waals surface area (Å²) in [6.45, 7) is 3.33. The molecular formula is C19H27N5O3S. The van der Waals surface area contributed by atoms with Gasteiger partial charge in [0, 0.05) is 39.8 Å². The van der Waals surface area contributed by atoms with Crippen LogP contribution in [0.2, 0.25) is 0 Å². The van der Waals surface area contributed by atoms with Crippen LogP contribution in [0, 0.1) is 0 Å². The number of aliphatic imine (C=N–C) groups is 1. The zero-order valence-corrected chi connectivity index (χ0v) is 17.1. The van der Waals surface area contributed by atoms with Gasteiger partial charge < -0.3 is 20.0 Å². The number of hydrogen-bond donors (Lipinski definition) is 2. The molecule has 3 rings (SSSR count). The predicted octanol–water partition coefficient (Wildman–Crippen LogP) is 1.08. The lowest BCUT2D eigenvalue weighted by Crippen LogP contribution is -2.47. The van der Waals surface area contributed by atoms with Crippen LogP contribution < -0.4 is 10.6 Å². The van der Waals surface area contributed by atoms with Crippen molar-refractivity contribution >= 4 is 16.0 Å². The Kier molecular flexibility index (Phi) is 6.71. The fraction of sp³-hybridized carbons (Fsp3) is 0.421. The fourth-order valence-corrected chi connectivity index (χ4v) is 4.70. The minimum Gasteiger partial charge on any atom is -0.467 e. The van der Waals surface area contributed by atoms with Crippen molar-refractivity contribution in [1.29, 1.82) is 0 Å². The van der Waals surface area contributed by atoms with Crippen molar-refractivity contribution in [2.75, 3.05) is 40.3 Å². The van der Waals surface area contributed by atoms with Crippen LogP contribution in [-0.2, 0) is 23.1 Å². The molecule has 0 saturated carbocycles. The van der Waals surface area contributed by atoms with E-state index >= 15 is 0 Å². The largest absolute Gasteiger partial charge is 0.467 e. The van der Waals surface area contributed by atoms with Crippen LogP contribution in [0.25, 0.3) is 0 Å². The first kappa shape index (κ1) is 20.4. The van der Waals surface area contributed by atoms with Crippen molar-refractivity contribution in [3.8, 4) is 0 Å². The molecule has 2 N–H and O–H groups in total. The minimum atomic E-state index is -3.53. The van der Waals surface area contributed by atoms with Gasteiger partial charge in [-0.15, -0.1) is 0 Å². The van der Waals surface area contributed by atoms with Crippen LogP contribution in [0.3, 0.4) is 0 Å². The van der Waals surface area contributed by atoms with E-state index < -0.39 is 10.0 Å². The number of rotatable bonds is 6. The molecule has 2 aromatic rings. The number of hydrogen-bond acceptors (Lipinski definition) is 5. The van der Waals surface area contributed by atoms with Crippen molar-refractivity contribution in [3.63, 3.8) is 0 Å². The molecule has 0 spiro atoms. The first-order chi connectivity index (χ1) is 13.5. The van der Waals surface area contributed by atoms with Gasteiger partial charge >= 0.3 is 0 Å². The molecule has 1 aromatic heterocycles. The van der Waals surface area contributed by atoms with E-state index in [1.54, 1.807) is 29.7 Å². The summed E-state index contributed by atoms with van der Waals surface area (Å²) in [5.74, 6) is 1.36. The van der Waals surface area contributed by atoms with Crippen molar-refractivity contribution in [3.05, 3.63) is 54.0 Å². The summed E-state index contributed by atoms with van der Waals surface area (Å²) < 4.78 is 33.1. The summed E-state index contributed by atoms with van der Waals surface area (Å²) in [7, 11) is 0.147. The second kappa shape index (κ2) is 9.22. The lowest BCUT2D eigenvalue weighted by atomic mass is 10.2. The number of furan rings is 1. The van der Waals surface area contributed by atoms with Crippen LogP contribution >= 0.6 is 0 Å². The number of piperazine rings is 1. The van der Waals surface area contributed by atoms with Gasteiger partial charge in [0.05, 0.1) is 17.7 Å². The van der Waals surface area contributed by atoms with Crippen LogP contribution in [-0.4, -0.2) is 63.9 Å². The number of guanidine groups is 1. The highest BCUT2D eigenvalue weighted by Crippen LogP contribution is 2.21. The number of nitrogens with zero attached hydrogens (tertiary/aromatic N) is 3. The molecule has 0 atom stereocenters. The lowest BCUT2D eigenvalue weighted by molar-refractivity contribution is 0.222. The summed E-state index contributed by atoms with van der Waals surface area (Å²) in [4.78, 5) is 6.65. The van der Waals surface area contributed by atoms with Crippen LogP contribution in [0.4, 0.5) is 0 Å². The van der Waals surface area contributed by atoms with Crippen molar-refractivity contribution in [2.24, 2.45) is 4.99 Å². The molecular weight excluding hydrogens is 378 g/mol. The molecule has 0 radical (unpaired) electrons. The second-order valence-electron chi connectivity index (χ2n) is 6.67. The zero-order valence-electron chi connectivity index (χ0n) is 16.3. The zero-order chi connectivity index (χ0) is 20.0. The van der Waals surface area contributed by atoms with Gasteiger partial charge in [-0.1, -0.05) is 18.2 Å². The van der Waals surface area contributed by atoms with Gasteiger partial charge in [0.15, 0.2) is 5.96 Å². The van der Waals surface area contributed by atoms with Crippen LogP contribution in [0.15, 0.2) is 57.0 Å². The summed E-state index contributed by atoms with van der Waals surface area (Å²) in [5, 5.41) is 6.32. The van der Waals surface area contributed by atoms with Gasteiger partial charge in [-0.25, -0.2) is 8.42 Å². The van der Waals surface area contributed by atoms with Gasteiger partial charge in [-0.2, -0.15) is 4.31 Å². The highest BCUT2D eigenvalue weighted by atomic mass is 32.2. The molecule has 152 valence electrons. The Hall–Kier alpha value is -2.36. The Bertz CT molecular complexity index is 888. The van der Waals surface area contributed by atoms with E-state index in [1.807, 2.05) is 31.3 Å². The molecule has 9 heteroatoms. The van der Waals surface area contributed by atoms with E-state index in [-0.39, 0.29) is 0 Å². The van der Waals surface area contributed by atoms with E-state index in [0.29, 0.717) is 42.6 Å². The monoisotopic (exact) mass is 405 g/mol. The van der Waals surface area contributed by atoms with Gasteiger partial charge in [-0.3, -0.25) is 4.99 Å². The van der Waals surface area contributed by atoms with Gasteiger partial charge in [0.2, 0.25) is 10.0 Å². The molecule has 28 heavy (non-hydrogen) atoms. The number of sulfonamides is 1. The highest BCUT2D eigenvalue weighted by Gasteiger charge is 2.29. The first-order valence-electron chi connectivity index (χ1n) is 9.24. The molecule has 1 aliphatic rings. The molecule has 1 saturated heterocycles. The highest BCUT2D eigenvalue weighted by molar-refractivity contribution is 7.89. The summed E-state index contributed by atoms with van der Waals surface area (Å²) in [6.07, 6.45) is 1.62. The first-order valence-corrected chi connectivity index (χ1v) is 10.7. The second-order valence-corrected chi connectivity index (χ2v) is 8.58. The maximum absolute atomic E-state index is 13.1. The van der Waals surface area contributed by atoms with Crippen molar-refractivity contribution in [2.45, 2.75) is 18.0 Å². The lowest BCUT2D eigenvalue weighted by Gasteiger charge is -2.32. The Morgan fingerprint density at radius 3 is 2.46 bits per heavy atom. The maximum atomic E-state index is 13.1. The molecule has 1 aliphatic heterocycles. The molecule has 0 aliphatic carbocycles. The fourth-order valence-electron chi connectivity index (χ4n) is 3.05. The van der Waals surface area contributed by atoms with Crippen LogP contribution in [0.5, 0.6) is 0 Å². The Labute approximate surface area is 166 Å². The topological polar surface area (TPSA) is 90.2 Å². The number of benzene rings is 1. The number of likely N-dealkylation sites (N-methyl/N-ethyl adjacent to an activating group) is 1. The van der Waals surface area contributed by atoms with Gasteiger partial charge in [-0.05, 0) is 30.8 Å². The average Bonchev–Trinajstić information content (AvgIpc) is 3.22. The minimum absolute atomic E-state index is 0.341. The van der Waals surface area contributed by atoms with Crippen molar-refractivity contribution in [1.82, 2.24) is 19.8 Å². The summed E-state index contributed by atoms with van der Waals surface area (Å²) in [6, 6.07) is 10.8. The summed E-state index contributed by atoms with van der Waals surface area (Å²) in [5.41, 5.74) is 0.711. The molecule has 1 fully saturated rings. The summed E-state index contributed by atoms with van der Waals surface area (Å²) >= 11 is 0. The van der Waals surface area contributed by atoms with E-state index in [2.05, 4.69) is 20.5 Å². The smallest absolute Gasteiger partial charge is 0.243 e. The maximum Gasteiger partial charge on any atom is 0.243 e. The SMILES string of the molecule is CN=C(NCc1ccco1)NCc1ccccc1S(=O)(=O)N1CCN(C)CC1. The Morgan fingerprint density at radius 1 is 1.07 bits per heavy atom. The molecule has 0 bridgehead atoms. The van der Waals surface area contributed by atoms with E-state index in [4.69, 9.17) is 4.42 Å². The predicted molar refractivity (Wildman–Crippen MR) is 108 cm³/mol.